The van der Waals surface area contributed by atoms with E-state index >= 15 is 0 Å². The predicted octanol–water partition coefficient (Wildman–Crippen LogP) is 2.79. The molecule has 2 heterocycles. The van der Waals surface area contributed by atoms with Gasteiger partial charge >= 0.3 is 0 Å². The van der Waals surface area contributed by atoms with Gasteiger partial charge in [-0.25, -0.2) is 0 Å². The van der Waals surface area contributed by atoms with Crippen molar-refractivity contribution in [1.82, 2.24) is 9.80 Å². The second-order valence-electron chi connectivity index (χ2n) is 6.23. The molecule has 0 spiro atoms. The Morgan fingerprint density at radius 1 is 1.11 bits per heavy atom. The van der Waals surface area contributed by atoms with Gasteiger partial charge in [0, 0.05) is 31.7 Å². The number of rotatable bonds is 4. The minimum absolute atomic E-state index is 0.815. The predicted molar refractivity (Wildman–Crippen MR) is 80.4 cm³/mol. The number of hydrogen-bond donors (Lipinski definition) is 0. The van der Waals surface area contributed by atoms with E-state index in [4.69, 9.17) is 0 Å². The van der Waals surface area contributed by atoms with Gasteiger partial charge in [0.15, 0.2) is 0 Å². The highest BCUT2D eigenvalue weighted by Crippen LogP contribution is 2.24. The highest BCUT2D eigenvalue weighted by Gasteiger charge is 2.34. The SMILES string of the molecule is CC1CCCCN1C1CN(CCc2ccccc2)C1. The zero-order valence-electron chi connectivity index (χ0n) is 12.1. The molecular weight excluding hydrogens is 232 g/mol. The molecule has 2 heteroatoms. The Balaban J connectivity index is 1.40. The van der Waals surface area contributed by atoms with Crippen LogP contribution in [0.3, 0.4) is 0 Å². The fourth-order valence-electron chi connectivity index (χ4n) is 3.53. The topological polar surface area (TPSA) is 6.48 Å². The molecule has 0 aromatic heterocycles. The molecule has 3 rings (SSSR count). The Hall–Kier alpha value is -0.860. The molecule has 2 nitrogen and oxygen atoms in total. The molecule has 104 valence electrons. The number of hydrogen-bond acceptors (Lipinski definition) is 2. The fourth-order valence-corrected chi connectivity index (χ4v) is 3.53. The van der Waals surface area contributed by atoms with Crippen LogP contribution in [0.15, 0.2) is 30.3 Å². The molecule has 0 aliphatic carbocycles. The summed E-state index contributed by atoms with van der Waals surface area (Å²) in [6.45, 7) is 7.54. The maximum Gasteiger partial charge on any atom is 0.0353 e. The van der Waals surface area contributed by atoms with Crippen molar-refractivity contribution < 1.29 is 0 Å². The van der Waals surface area contributed by atoms with Gasteiger partial charge in [-0.1, -0.05) is 36.8 Å². The lowest BCUT2D eigenvalue weighted by atomic mass is 9.97. The van der Waals surface area contributed by atoms with Crippen molar-refractivity contribution in [3.63, 3.8) is 0 Å². The zero-order valence-corrected chi connectivity index (χ0v) is 12.1. The van der Waals surface area contributed by atoms with Crippen molar-refractivity contribution in [1.29, 1.82) is 0 Å². The van der Waals surface area contributed by atoms with Gasteiger partial charge in [-0.05, 0) is 38.3 Å². The second kappa shape index (κ2) is 6.06. The van der Waals surface area contributed by atoms with E-state index in [1.807, 2.05) is 0 Å². The number of likely N-dealkylation sites (tertiary alicyclic amines) is 2. The molecule has 1 aromatic carbocycles. The third kappa shape index (κ3) is 3.18. The molecule has 2 aliphatic rings. The quantitative estimate of drug-likeness (QED) is 0.819. The molecule has 0 amide bonds. The summed E-state index contributed by atoms with van der Waals surface area (Å²) in [4.78, 5) is 5.36. The lowest BCUT2D eigenvalue weighted by Gasteiger charge is -2.49. The summed E-state index contributed by atoms with van der Waals surface area (Å²) in [6, 6.07) is 12.5. The molecule has 0 N–H and O–H groups in total. The van der Waals surface area contributed by atoms with Crippen LogP contribution in [0, 0.1) is 0 Å². The molecule has 2 aliphatic heterocycles. The van der Waals surface area contributed by atoms with Crippen molar-refractivity contribution in [3.8, 4) is 0 Å². The highest BCUT2D eigenvalue weighted by atomic mass is 15.3. The molecule has 1 atom stereocenters. The molecule has 0 radical (unpaired) electrons. The Kier molecular flexibility index (Phi) is 4.19. The monoisotopic (exact) mass is 258 g/mol. The largest absolute Gasteiger partial charge is 0.300 e. The van der Waals surface area contributed by atoms with Crippen LogP contribution in [0.2, 0.25) is 0 Å². The van der Waals surface area contributed by atoms with Crippen LogP contribution in [0.4, 0.5) is 0 Å². The van der Waals surface area contributed by atoms with Gasteiger partial charge in [0.05, 0.1) is 0 Å². The van der Waals surface area contributed by atoms with Crippen LogP contribution in [-0.2, 0) is 6.42 Å². The maximum absolute atomic E-state index is 2.75. The Morgan fingerprint density at radius 2 is 1.89 bits per heavy atom. The van der Waals surface area contributed by atoms with Crippen molar-refractivity contribution in [2.45, 2.75) is 44.7 Å². The molecule has 0 saturated carbocycles. The summed E-state index contributed by atoms with van der Waals surface area (Å²) in [5, 5.41) is 0. The summed E-state index contributed by atoms with van der Waals surface area (Å²) >= 11 is 0. The smallest absolute Gasteiger partial charge is 0.0353 e. The summed E-state index contributed by atoms with van der Waals surface area (Å²) < 4.78 is 0. The van der Waals surface area contributed by atoms with E-state index in [1.54, 1.807) is 0 Å². The van der Waals surface area contributed by atoms with Crippen LogP contribution in [0.25, 0.3) is 0 Å². The van der Waals surface area contributed by atoms with Gasteiger partial charge in [-0.2, -0.15) is 0 Å². The average molecular weight is 258 g/mol. The maximum atomic E-state index is 2.75. The van der Waals surface area contributed by atoms with Crippen molar-refractivity contribution in [2.75, 3.05) is 26.2 Å². The Morgan fingerprint density at radius 3 is 2.63 bits per heavy atom. The molecule has 2 saturated heterocycles. The van der Waals surface area contributed by atoms with Gasteiger partial charge in [-0.3, -0.25) is 9.80 Å². The van der Waals surface area contributed by atoms with E-state index in [2.05, 4.69) is 47.1 Å². The molecule has 1 aromatic rings. The second-order valence-corrected chi connectivity index (χ2v) is 6.23. The van der Waals surface area contributed by atoms with Crippen LogP contribution in [-0.4, -0.2) is 48.1 Å². The van der Waals surface area contributed by atoms with E-state index < -0.39 is 0 Å². The van der Waals surface area contributed by atoms with Crippen molar-refractivity contribution in [2.24, 2.45) is 0 Å². The summed E-state index contributed by atoms with van der Waals surface area (Å²) in [5.74, 6) is 0. The van der Waals surface area contributed by atoms with E-state index in [0.717, 1.165) is 12.1 Å². The minimum Gasteiger partial charge on any atom is -0.300 e. The average Bonchev–Trinajstić information content (AvgIpc) is 2.40. The number of piperidine rings is 1. The van der Waals surface area contributed by atoms with Crippen LogP contribution < -0.4 is 0 Å². The zero-order chi connectivity index (χ0) is 13.1. The standard InChI is InChI=1S/C17H26N2/c1-15-7-5-6-11-19(15)17-13-18(14-17)12-10-16-8-3-2-4-9-16/h2-4,8-9,15,17H,5-7,10-14H2,1H3. The highest BCUT2D eigenvalue weighted by molar-refractivity contribution is 5.15. The van der Waals surface area contributed by atoms with Crippen molar-refractivity contribution >= 4 is 0 Å². The molecule has 19 heavy (non-hydrogen) atoms. The molecule has 0 bridgehead atoms. The van der Waals surface area contributed by atoms with Gasteiger partial charge in [0.2, 0.25) is 0 Å². The van der Waals surface area contributed by atoms with Crippen molar-refractivity contribution in [3.05, 3.63) is 35.9 Å². The lowest BCUT2D eigenvalue weighted by molar-refractivity contribution is -0.00148. The normalized spacial score (nSPS) is 26.3. The van der Waals surface area contributed by atoms with Gasteiger partial charge < -0.3 is 0 Å². The summed E-state index contributed by atoms with van der Waals surface area (Å²) in [5.41, 5.74) is 1.47. The van der Waals surface area contributed by atoms with Crippen LogP contribution in [0.5, 0.6) is 0 Å². The lowest BCUT2D eigenvalue weighted by Crippen LogP contribution is -2.62. The van der Waals surface area contributed by atoms with Crippen LogP contribution >= 0.6 is 0 Å². The molecule has 2 fully saturated rings. The molecule has 1 unspecified atom stereocenters. The summed E-state index contributed by atoms with van der Waals surface area (Å²) in [6.07, 6.45) is 5.44. The first kappa shape index (κ1) is 13.1. The van der Waals surface area contributed by atoms with E-state index in [0.29, 0.717) is 0 Å². The van der Waals surface area contributed by atoms with E-state index in [1.165, 1.54) is 57.4 Å². The molecular formula is C17H26N2. The van der Waals surface area contributed by atoms with Crippen LogP contribution in [0.1, 0.15) is 31.7 Å². The number of nitrogens with zero attached hydrogens (tertiary/aromatic N) is 2. The van der Waals surface area contributed by atoms with Gasteiger partial charge in [0.1, 0.15) is 0 Å². The first-order chi connectivity index (χ1) is 9.33. The third-order valence-electron chi connectivity index (χ3n) is 4.82. The number of benzene rings is 1. The Labute approximate surface area is 117 Å². The third-order valence-corrected chi connectivity index (χ3v) is 4.82. The fraction of sp³-hybridized carbons (Fsp3) is 0.647. The minimum atomic E-state index is 0.815. The van der Waals surface area contributed by atoms with Gasteiger partial charge in [-0.15, -0.1) is 0 Å². The first-order valence-electron chi connectivity index (χ1n) is 7.85. The van der Waals surface area contributed by atoms with E-state index in [-0.39, 0.29) is 0 Å². The van der Waals surface area contributed by atoms with Gasteiger partial charge in [0.25, 0.3) is 0 Å². The summed E-state index contributed by atoms with van der Waals surface area (Å²) in [7, 11) is 0. The Bertz CT molecular complexity index is 384. The first-order valence-corrected chi connectivity index (χ1v) is 7.85. The van der Waals surface area contributed by atoms with E-state index in [9.17, 15) is 0 Å².